The van der Waals surface area contributed by atoms with E-state index in [4.69, 9.17) is 14.2 Å². The van der Waals surface area contributed by atoms with Crippen LogP contribution >= 0.6 is 0 Å². The molecule has 0 saturated carbocycles. The van der Waals surface area contributed by atoms with Gasteiger partial charge < -0.3 is 14.2 Å². The fourth-order valence-electron chi connectivity index (χ4n) is 6.10. The van der Waals surface area contributed by atoms with E-state index in [0.717, 1.165) is 128 Å². The van der Waals surface area contributed by atoms with E-state index in [1.54, 1.807) is 0 Å². The first kappa shape index (κ1) is 54.6. The molecule has 6 nitrogen and oxygen atoms in total. The number of carbonyl (C=O) groups is 3. The Balaban J connectivity index is 4.45. The molecule has 0 N–H and O–H groups in total. The highest BCUT2D eigenvalue weighted by atomic mass is 16.6. The van der Waals surface area contributed by atoms with Crippen LogP contribution in [0.2, 0.25) is 0 Å². The van der Waals surface area contributed by atoms with Crippen molar-refractivity contribution in [3.05, 3.63) is 85.1 Å². The molecule has 0 aromatic carbocycles. The lowest BCUT2D eigenvalue weighted by atomic mass is 10.1. The molecule has 330 valence electrons. The van der Waals surface area contributed by atoms with Gasteiger partial charge in [0.25, 0.3) is 0 Å². The zero-order valence-corrected chi connectivity index (χ0v) is 37.5. The monoisotopic (exact) mass is 807 g/mol. The lowest BCUT2D eigenvalue weighted by Crippen LogP contribution is -2.30. The van der Waals surface area contributed by atoms with Crippen LogP contribution in [0.3, 0.4) is 0 Å². The molecule has 0 aliphatic carbocycles. The third kappa shape index (κ3) is 43.7. The maximum atomic E-state index is 12.7. The van der Waals surface area contributed by atoms with Crippen molar-refractivity contribution >= 4 is 17.9 Å². The van der Waals surface area contributed by atoms with Crippen LogP contribution in [0.5, 0.6) is 0 Å². The Morgan fingerprint density at radius 1 is 0.362 bits per heavy atom. The van der Waals surface area contributed by atoms with Gasteiger partial charge in [-0.25, -0.2) is 0 Å². The summed E-state index contributed by atoms with van der Waals surface area (Å²) in [6.07, 6.45) is 58.5. The van der Waals surface area contributed by atoms with Crippen molar-refractivity contribution in [3.8, 4) is 0 Å². The van der Waals surface area contributed by atoms with Gasteiger partial charge in [0.1, 0.15) is 13.2 Å². The maximum absolute atomic E-state index is 12.7. The van der Waals surface area contributed by atoms with Gasteiger partial charge in [0.15, 0.2) is 6.10 Å². The molecule has 1 unspecified atom stereocenters. The Morgan fingerprint density at radius 2 is 0.672 bits per heavy atom. The summed E-state index contributed by atoms with van der Waals surface area (Å²) in [4.78, 5) is 37.8. The van der Waals surface area contributed by atoms with Crippen molar-refractivity contribution in [3.63, 3.8) is 0 Å². The average Bonchev–Trinajstić information content (AvgIpc) is 3.22. The highest BCUT2D eigenvalue weighted by Gasteiger charge is 2.19. The van der Waals surface area contributed by atoms with E-state index in [1.165, 1.54) is 38.5 Å². The number of esters is 3. The zero-order chi connectivity index (χ0) is 42.3. The second kappa shape index (κ2) is 46.3. The largest absolute Gasteiger partial charge is 0.462 e. The molecule has 0 bridgehead atoms. The van der Waals surface area contributed by atoms with Crippen LogP contribution < -0.4 is 0 Å². The van der Waals surface area contributed by atoms with Crippen LogP contribution in [0.1, 0.15) is 207 Å². The summed E-state index contributed by atoms with van der Waals surface area (Å²) < 4.78 is 16.7. The van der Waals surface area contributed by atoms with E-state index in [9.17, 15) is 14.4 Å². The van der Waals surface area contributed by atoms with Gasteiger partial charge in [-0.2, -0.15) is 0 Å². The minimum Gasteiger partial charge on any atom is -0.462 e. The van der Waals surface area contributed by atoms with E-state index in [-0.39, 0.29) is 31.1 Å². The van der Waals surface area contributed by atoms with Gasteiger partial charge in [-0.05, 0) is 103 Å². The van der Waals surface area contributed by atoms with Crippen LogP contribution in [0, 0.1) is 0 Å². The van der Waals surface area contributed by atoms with Gasteiger partial charge in [-0.1, -0.05) is 170 Å². The number of allylic oxidation sites excluding steroid dienone is 14. The summed E-state index contributed by atoms with van der Waals surface area (Å²) in [5, 5.41) is 0. The molecule has 0 radical (unpaired) electrons. The number of ether oxygens (including phenoxy) is 3. The van der Waals surface area contributed by atoms with Gasteiger partial charge >= 0.3 is 17.9 Å². The van der Waals surface area contributed by atoms with E-state index in [0.29, 0.717) is 19.3 Å². The summed E-state index contributed by atoms with van der Waals surface area (Å²) in [5.41, 5.74) is 0. The van der Waals surface area contributed by atoms with Crippen LogP contribution in [0.25, 0.3) is 0 Å². The molecular formula is C52H86O6. The molecule has 58 heavy (non-hydrogen) atoms. The van der Waals surface area contributed by atoms with Gasteiger partial charge in [-0.15, -0.1) is 0 Å². The quantitative estimate of drug-likeness (QED) is 0.0265. The maximum Gasteiger partial charge on any atom is 0.306 e. The predicted molar refractivity (Wildman–Crippen MR) is 247 cm³/mol. The Labute approximate surface area is 356 Å². The average molecular weight is 807 g/mol. The molecule has 0 aliphatic heterocycles. The van der Waals surface area contributed by atoms with Crippen molar-refractivity contribution in [2.75, 3.05) is 13.2 Å². The summed E-state index contributed by atoms with van der Waals surface area (Å²) in [5.74, 6) is -0.957. The van der Waals surface area contributed by atoms with E-state index in [1.807, 2.05) is 0 Å². The lowest BCUT2D eigenvalue weighted by Gasteiger charge is -2.18. The molecule has 0 amide bonds. The van der Waals surface area contributed by atoms with Gasteiger partial charge in [0.05, 0.1) is 0 Å². The number of carbonyl (C=O) groups excluding carboxylic acids is 3. The third-order valence-corrected chi connectivity index (χ3v) is 9.61. The second-order valence-corrected chi connectivity index (χ2v) is 15.2. The van der Waals surface area contributed by atoms with Crippen LogP contribution in [-0.4, -0.2) is 37.2 Å². The summed E-state index contributed by atoms with van der Waals surface area (Å²) in [7, 11) is 0. The predicted octanol–water partition coefficient (Wildman–Crippen LogP) is 15.3. The molecule has 0 heterocycles. The van der Waals surface area contributed by atoms with Crippen LogP contribution in [0.4, 0.5) is 0 Å². The van der Waals surface area contributed by atoms with Crippen LogP contribution in [-0.2, 0) is 28.6 Å². The number of hydrogen-bond acceptors (Lipinski definition) is 6. The third-order valence-electron chi connectivity index (χ3n) is 9.61. The van der Waals surface area contributed by atoms with Crippen molar-refractivity contribution < 1.29 is 28.6 Å². The molecule has 0 spiro atoms. The normalized spacial score (nSPS) is 12.8. The van der Waals surface area contributed by atoms with E-state index in [2.05, 4.69) is 106 Å². The van der Waals surface area contributed by atoms with E-state index >= 15 is 0 Å². The lowest BCUT2D eigenvalue weighted by molar-refractivity contribution is -0.167. The Kier molecular flexibility index (Phi) is 43.6. The fourth-order valence-corrected chi connectivity index (χ4v) is 6.10. The molecule has 0 saturated heterocycles. The minimum absolute atomic E-state index is 0.0973. The second-order valence-electron chi connectivity index (χ2n) is 15.2. The summed E-state index contributed by atoms with van der Waals surface area (Å²) in [6.45, 7) is 6.31. The first-order valence-electron chi connectivity index (χ1n) is 23.6. The Bertz CT molecular complexity index is 1160. The minimum atomic E-state index is -0.797. The SMILES string of the molecule is CC/C=C\C/C=C\C/C=C\C/C=C\CCCCCC(=O)OCC(COC(=O)CCCCCC/C=C\CCCC)OC(=O)CCCCCCCCC/C=C\C/C=C\CC. The molecule has 6 heteroatoms. The van der Waals surface area contributed by atoms with Crippen molar-refractivity contribution in [2.45, 2.75) is 213 Å². The Morgan fingerprint density at radius 3 is 1.09 bits per heavy atom. The first-order chi connectivity index (χ1) is 28.5. The number of hydrogen-bond donors (Lipinski definition) is 0. The molecule has 0 aliphatic rings. The fraction of sp³-hybridized carbons (Fsp3) is 0.673. The van der Waals surface area contributed by atoms with Crippen molar-refractivity contribution in [2.24, 2.45) is 0 Å². The molecule has 0 fully saturated rings. The standard InChI is InChI=1S/C52H86O6/c1-4-7-10-13-16-19-22-24-26-27-29-30-33-36-39-42-45-51(54)57-48-49(47-56-50(53)44-41-38-35-32-21-18-15-12-9-6-3)58-52(55)46-43-40-37-34-31-28-25-23-20-17-14-11-8-5-2/h7-8,10-11,15-20,24,26,29-30,49H,4-6,9,12-14,21-23,25,27-28,31-48H2,1-3H3/b10-7-,11-8-,18-15-,19-16-,20-17-,26-24-,30-29-. The van der Waals surface area contributed by atoms with Crippen LogP contribution in [0.15, 0.2) is 85.1 Å². The number of unbranched alkanes of at least 4 members (excludes halogenated alkanes) is 16. The highest BCUT2D eigenvalue weighted by molar-refractivity contribution is 5.71. The molecule has 0 rings (SSSR count). The zero-order valence-electron chi connectivity index (χ0n) is 37.5. The van der Waals surface area contributed by atoms with Crippen molar-refractivity contribution in [1.29, 1.82) is 0 Å². The first-order valence-corrected chi connectivity index (χ1v) is 23.6. The van der Waals surface area contributed by atoms with Gasteiger partial charge in [0, 0.05) is 19.3 Å². The van der Waals surface area contributed by atoms with Crippen molar-refractivity contribution in [1.82, 2.24) is 0 Å². The molecular weight excluding hydrogens is 721 g/mol. The molecule has 1 atom stereocenters. The summed E-state index contributed by atoms with van der Waals surface area (Å²) >= 11 is 0. The Hall–Kier alpha value is -3.41. The smallest absolute Gasteiger partial charge is 0.306 e. The molecule has 0 aromatic rings. The van der Waals surface area contributed by atoms with Gasteiger partial charge in [-0.3, -0.25) is 14.4 Å². The highest BCUT2D eigenvalue weighted by Crippen LogP contribution is 2.13. The molecule has 0 aromatic heterocycles. The number of rotatable bonds is 41. The topological polar surface area (TPSA) is 78.9 Å². The summed E-state index contributed by atoms with van der Waals surface area (Å²) in [6, 6.07) is 0. The van der Waals surface area contributed by atoms with Gasteiger partial charge in [0.2, 0.25) is 0 Å². The van der Waals surface area contributed by atoms with E-state index < -0.39 is 6.10 Å².